The number of fused-ring (bicyclic) bond motifs is 1. The average molecular weight is 534 g/mol. The van der Waals surface area contributed by atoms with Crippen molar-refractivity contribution in [2.45, 2.75) is 38.0 Å². The molecule has 1 aliphatic rings. The van der Waals surface area contributed by atoms with E-state index in [1.54, 1.807) is 10.7 Å². The van der Waals surface area contributed by atoms with E-state index in [4.69, 9.17) is 42.2 Å². The van der Waals surface area contributed by atoms with E-state index in [0.717, 1.165) is 11.3 Å². The summed E-state index contributed by atoms with van der Waals surface area (Å²) in [5.41, 5.74) is 2.29. The third-order valence-corrected chi connectivity index (χ3v) is 8.02. The van der Waals surface area contributed by atoms with Crippen LogP contribution >= 0.6 is 40.0 Å². The smallest absolute Gasteiger partial charge is 0.243 e. The number of aromatic nitrogens is 4. The highest BCUT2D eigenvalue weighted by Crippen LogP contribution is 2.44. The number of ether oxygens (including phenoxy) is 1. The topological polar surface area (TPSA) is 134 Å². The number of benzene rings is 1. The van der Waals surface area contributed by atoms with Gasteiger partial charge in [0, 0.05) is 5.02 Å². The molecule has 0 bridgehead atoms. The summed E-state index contributed by atoms with van der Waals surface area (Å²) < 4.78 is 13.0. The SMILES string of the molecule is CC(Nc1nc(Cl)nn2c(C3CCC(COP(O)CP(O)O)O3)cnc12)c1ccc(Cl)cc1. The summed E-state index contributed by atoms with van der Waals surface area (Å²) in [6, 6.07) is 7.46. The fourth-order valence-electron chi connectivity index (χ4n) is 3.59. The van der Waals surface area contributed by atoms with Gasteiger partial charge in [0.15, 0.2) is 28.2 Å². The van der Waals surface area contributed by atoms with Gasteiger partial charge < -0.3 is 29.3 Å². The molecule has 2 aromatic heterocycles. The van der Waals surface area contributed by atoms with Crippen LogP contribution in [0, 0.1) is 0 Å². The van der Waals surface area contributed by atoms with E-state index in [-0.39, 0.29) is 36.0 Å². The van der Waals surface area contributed by atoms with Gasteiger partial charge in [-0.25, -0.2) is 9.50 Å². The first-order chi connectivity index (χ1) is 15.8. The standard InChI is InChI=1S/C19H23Cl2N5O5P2/c1-11(12-2-4-13(20)5-3-12)23-17-18-22-8-15(26(18)25-19(21)24-17)16-7-6-14(31-16)9-30-33(29)10-32(27)28/h2-5,8,11,14,16,27-29H,6-7,9-10H2,1H3,(H,23,24,25). The summed E-state index contributed by atoms with van der Waals surface area (Å²) in [5, 5.41) is 8.38. The minimum atomic E-state index is -2.19. The van der Waals surface area contributed by atoms with Crippen molar-refractivity contribution in [2.75, 3.05) is 17.8 Å². The van der Waals surface area contributed by atoms with Gasteiger partial charge >= 0.3 is 0 Å². The highest BCUT2D eigenvalue weighted by Gasteiger charge is 2.31. The number of halogens is 2. The van der Waals surface area contributed by atoms with Crippen LogP contribution in [0.4, 0.5) is 5.82 Å². The molecule has 4 unspecified atom stereocenters. The Morgan fingerprint density at radius 2 is 2.00 bits per heavy atom. The molecule has 1 aliphatic heterocycles. The van der Waals surface area contributed by atoms with Gasteiger partial charge in [-0.15, -0.1) is 5.10 Å². The molecule has 1 fully saturated rings. The minimum Gasteiger partial charge on any atom is -0.366 e. The van der Waals surface area contributed by atoms with Crippen LogP contribution in [0.1, 0.15) is 43.2 Å². The predicted octanol–water partition coefficient (Wildman–Crippen LogP) is 4.40. The third-order valence-electron chi connectivity index (χ3n) is 5.18. The Kier molecular flexibility index (Phi) is 8.33. The quantitative estimate of drug-likeness (QED) is 0.295. The number of nitrogens with one attached hydrogen (secondary N) is 1. The molecule has 4 N–H and O–H groups in total. The lowest BCUT2D eigenvalue weighted by atomic mass is 10.1. The van der Waals surface area contributed by atoms with Crippen molar-refractivity contribution in [2.24, 2.45) is 0 Å². The summed E-state index contributed by atoms with van der Waals surface area (Å²) in [5.74, 6) is 0.338. The monoisotopic (exact) mass is 533 g/mol. The molecule has 4 rings (SSSR count). The van der Waals surface area contributed by atoms with Crippen molar-refractivity contribution in [1.82, 2.24) is 19.6 Å². The molecule has 10 nitrogen and oxygen atoms in total. The molecule has 1 saturated heterocycles. The second kappa shape index (κ2) is 11.0. The van der Waals surface area contributed by atoms with Gasteiger partial charge in [-0.2, -0.15) is 4.98 Å². The molecule has 3 aromatic rings. The Morgan fingerprint density at radius 3 is 2.73 bits per heavy atom. The van der Waals surface area contributed by atoms with Crippen molar-refractivity contribution >= 4 is 51.4 Å². The van der Waals surface area contributed by atoms with Crippen LogP contribution in [-0.4, -0.2) is 52.9 Å². The van der Waals surface area contributed by atoms with Gasteiger partial charge in [0.1, 0.15) is 6.10 Å². The molecule has 178 valence electrons. The molecule has 0 spiro atoms. The van der Waals surface area contributed by atoms with Crippen LogP contribution in [0.15, 0.2) is 30.5 Å². The van der Waals surface area contributed by atoms with Gasteiger partial charge in [0.05, 0.1) is 36.5 Å². The summed E-state index contributed by atoms with van der Waals surface area (Å²) in [6.07, 6.45) is 2.60. The zero-order valence-corrected chi connectivity index (χ0v) is 20.8. The Balaban J connectivity index is 1.47. The molecular formula is C19H23Cl2N5O5P2. The van der Waals surface area contributed by atoms with E-state index < -0.39 is 16.8 Å². The number of hydrogen-bond donors (Lipinski definition) is 4. The van der Waals surface area contributed by atoms with E-state index in [9.17, 15) is 4.89 Å². The first-order valence-corrected chi connectivity index (χ1v) is 13.7. The maximum absolute atomic E-state index is 9.72. The van der Waals surface area contributed by atoms with Gasteiger partial charge in [0.2, 0.25) is 5.28 Å². The number of rotatable bonds is 9. The maximum Gasteiger partial charge on any atom is 0.243 e. The molecular weight excluding hydrogens is 511 g/mol. The number of anilines is 1. The number of imidazole rings is 1. The molecule has 0 radical (unpaired) electrons. The van der Waals surface area contributed by atoms with Gasteiger partial charge in [-0.3, -0.25) is 0 Å². The third kappa shape index (κ3) is 6.28. The maximum atomic E-state index is 9.72. The van der Waals surface area contributed by atoms with Crippen molar-refractivity contribution in [3.05, 3.63) is 52.0 Å². The van der Waals surface area contributed by atoms with Crippen LogP contribution in [0.2, 0.25) is 10.3 Å². The summed E-state index contributed by atoms with van der Waals surface area (Å²) in [4.78, 5) is 36.5. The van der Waals surface area contributed by atoms with Crippen LogP contribution in [0.3, 0.4) is 0 Å². The second-order valence-electron chi connectivity index (χ2n) is 7.55. The molecule has 14 heteroatoms. The predicted molar refractivity (Wildman–Crippen MR) is 127 cm³/mol. The summed E-state index contributed by atoms with van der Waals surface area (Å²) in [7, 11) is -4.07. The second-order valence-corrected chi connectivity index (χ2v) is 11.2. The van der Waals surface area contributed by atoms with Crippen LogP contribution in [0.25, 0.3) is 5.65 Å². The van der Waals surface area contributed by atoms with E-state index in [0.29, 0.717) is 29.3 Å². The zero-order valence-electron chi connectivity index (χ0n) is 17.5. The minimum absolute atomic E-state index is 0.0702. The van der Waals surface area contributed by atoms with Crippen LogP contribution in [-0.2, 0) is 9.26 Å². The zero-order chi connectivity index (χ0) is 23.5. The molecule has 3 heterocycles. The molecule has 0 saturated carbocycles. The largest absolute Gasteiger partial charge is 0.366 e. The fourth-order valence-corrected chi connectivity index (χ4v) is 5.41. The normalized spacial score (nSPS) is 20.5. The van der Waals surface area contributed by atoms with Crippen molar-refractivity contribution in [3.63, 3.8) is 0 Å². The highest BCUT2D eigenvalue weighted by molar-refractivity contribution is 7.63. The van der Waals surface area contributed by atoms with E-state index in [1.165, 1.54) is 0 Å². The fraction of sp³-hybridized carbons (Fsp3) is 0.421. The van der Waals surface area contributed by atoms with Crippen molar-refractivity contribution in [3.8, 4) is 0 Å². The Morgan fingerprint density at radius 1 is 1.24 bits per heavy atom. The molecule has 33 heavy (non-hydrogen) atoms. The number of hydrogen-bond acceptors (Lipinski definition) is 9. The highest BCUT2D eigenvalue weighted by atomic mass is 35.5. The van der Waals surface area contributed by atoms with Gasteiger partial charge in [-0.05, 0) is 49.1 Å². The lowest BCUT2D eigenvalue weighted by Crippen LogP contribution is -2.15. The molecule has 1 aromatic carbocycles. The van der Waals surface area contributed by atoms with Crippen molar-refractivity contribution < 1.29 is 23.9 Å². The van der Waals surface area contributed by atoms with Gasteiger partial charge in [0.25, 0.3) is 0 Å². The number of nitrogens with zero attached hydrogens (tertiary/aromatic N) is 4. The first-order valence-electron chi connectivity index (χ1n) is 10.1. The first kappa shape index (κ1) is 24.9. The lowest BCUT2D eigenvalue weighted by Gasteiger charge is -2.17. The summed E-state index contributed by atoms with van der Waals surface area (Å²) >= 11 is 12.2. The van der Waals surface area contributed by atoms with E-state index in [1.807, 2.05) is 31.2 Å². The Hall–Kier alpha value is -1.19. The Labute approximate surface area is 202 Å². The Bertz CT molecular complexity index is 1090. The molecule has 0 aliphatic carbocycles. The van der Waals surface area contributed by atoms with Gasteiger partial charge in [-0.1, -0.05) is 23.7 Å². The van der Waals surface area contributed by atoms with E-state index in [2.05, 4.69) is 20.4 Å². The molecule has 0 amide bonds. The molecule has 4 atom stereocenters. The van der Waals surface area contributed by atoms with Crippen molar-refractivity contribution in [1.29, 1.82) is 0 Å². The lowest BCUT2D eigenvalue weighted by molar-refractivity contribution is 0.0151. The van der Waals surface area contributed by atoms with E-state index >= 15 is 0 Å². The summed E-state index contributed by atoms with van der Waals surface area (Å²) in [6.45, 7) is 2.16. The van der Waals surface area contributed by atoms with Crippen LogP contribution in [0.5, 0.6) is 0 Å². The average Bonchev–Trinajstić information content (AvgIpc) is 3.39. The van der Waals surface area contributed by atoms with Crippen LogP contribution < -0.4 is 5.32 Å².